The van der Waals surface area contributed by atoms with Crippen LogP contribution in [0.4, 0.5) is 0 Å². The normalized spacial score (nSPS) is 9.89. The second-order valence-corrected chi connectivity index (χ2v) is 4.02. The minimum absolute atomic E-state index is 0.0632. The number of aliphatic carboxylic acids is 2. The van der Waals surface area contributed by atoms with Crippen molar-refractivity contribution < 1.29 is 24.6 Å². The summed E-state index contributed by atoms with van der Waals surface area (Å²) in [5, 5.41) is 17.3. The molecule has 0 aliphatic carbocycles. The fraction of sp³-hybridized carbons (Fsp3) is 0.308. The molecule has 1 rings (SSSR count). The van der Waals surface area contributed by atoms with Crippen LogP contribution in [-0.4, -0.2) is 46.0 Å². The number of hydrogen-bond acceptors (Lipinski definition) is 3. The Balaban J connectivity index is 2.65. The molecular weight excluding hydrogens is 250 g/mol. The van der Waals surface area contributed by atoms with E-state index < -0.39 is 24.4 Å². The predicted octanol–water partition coefficient (Wildman–Crippen LogP) is 0.617. The standard InChI is InChI=1S/C13H15NO5/c15-11(8-10-4-2-1-3-5-10)14(9-13(18)19)7-6-12(16)17/h1-5H,6-9H2,(H,16,17)(H,18,19). The van der Waals surface area contributed by atoms with Gasteiger partial charge in [-0.25, -0.2) is 0 Å². The number of rotatable bonds is 7. The molecule has 0 spiro atoms. The van der Waals surface area contributed by atoms with Crippen LogP contribution in [0.3, 0.4) is 0 Å². The Bertz CT molecular complexity index is 457. The Morgan fingerprint density at radius 1 is 1.00 bits per heavy atom. The van der Waals surface area contributed by atoms with Crippen LogP contribution < -0.4 is 0 Å². The molecule has 0 aromatic heterocycles. The molecule has 6 nitrogen and oxygen atoms in total. The topological polar surface area (TPSA) is 94.9 Å². The number of carbonyl (C=O) groups is 3. The maximum Gasteiger partial charge on any atom is 0.323 e. The van der Waals surface area contributed by atoms with E-state index in [0.717, 1.165) is 10.5 Å². The van der Waals surface area contributed by atoms with Crippen molar-refractivity contribution in [1.82, 2.24) is 4.90 Å². The summed E-state index contributed by atoms with van der Waals surface area (Å²) in [4.78, 5) is 34.1. The Labute approximate surface area is 110 Å². The van der Waals surface area contributed by atoms with E-state index in [4.69, 9.17) is 10.2 Å². The van der Waals surface area contributed by atoms with E-state index >= 15 is 0 Å². The van der Waals surface area contributed by atoms with Gasteiger partial charge in [0.25, 0.3) is 0 Å². The number of carboxylic acids is 2. The molecule has 19 heavy (non-hydrogen) atoms. The van der Waals surface area contributed by atoms with Crippen LogP contribution in [-0.2, 0) is 20.8 Å². The Kier molecular flexibility index (Phi) is 5.53. The van der Waals surface area contributed by atoms with Crippen molar-refractivity contribution in [1.29, 1.82) is 0 Å². The van der Waals surface area contributed by atoms with Gasteiger partial charge in [-0.3, -0.25) is 14.4 Å². The molecule has 102 valence electrons. The van der Waals surface area contributed by atoms with Crippen LogP contribution in [0.5, 0.6) is 0 Å². The summed E-state index contributed by atoms with van der Waals surface area (Å²) < 4.78 is 0. The fourth-order valence-corrected chi connectivity index (χ4v) is 1.57. The molecule has 0 atom stereocenters. The molecule has 0 unspecified atom stereocenters. The van der Waals surface area contributed by atoms with Gasteiger partial charge in [0.2, 0.25) is 5.91 Å². The fourth-order valence-electron chi connectivity index (χ4n) is 1.57. The maximum atomic E-state index is 11.9. The highest BCUT2D eigenvalue weighted by Gasteiger charge is 2.17. The molecule has 0 bridgehead atoms. The minimum Gasteiger partial charge on any atom is -0.481 e. The van der Waals surface area contributed by atoms with Crippen molar-refractivity contribution >= 4 is 17.8 Å². The molecule has 0 saturated heterocycles. The van der Waals surface area contributed by atoms with Crippen molar-refractivity contribution in [2.24, 2.45) is 0 Å². The van der Waals surface area contributed by atoms with E-state index in [2.05, 4.69) is 0 Å². The predicted molar refractivity (Wildman–Crippen MR) is 66.6 cm³/mol. The molecule has 6 heteroatoms. The Morgan fingerprint density at radius 3 is 2.16 bits per heavy atom. The first kappa shape index (κ1) is 14.7. The van der Waals surface area contributed by atoms with Crippen molar-refractivity contribution in [2.75, 3.05) is 13.1 Å². The third-order valence-electron chi connectivity index (χ3n) is 2.47. The molecule has 1 aromatic rings. The number of benzene rings is 1. The van der Waals surface area contributed by atoms with Crippen LogP contribution in [0, 0.1) is 0 Å². The van der Waals surface area contributed by atoms with Gasteiger partial charge < -0.3 is 15.1 Å². The molecule has 0 saturated carbocycles. The van der Waals surface area contributed by atoms with Crippen LogP contribution in [0.15, 0.2) is 30.3 Å². The third kappa shape index (κ3) is 5.67. The van der Waals surface area contributed by atoms with Crippen LogP contribution >= 0.6 is 0 Å². The molecule has 0 aliphatic rings. The lowest BCUT2D eigenvalue weighted by Crippen LogP contribution is -2.38. The van der Waals surface area contributed by atoms with Crippen molar-refractivity contribution in [3.05, 3.63) is 35.9 Å². The highest BCUT2D eigenvalue weighted by Crippen LogP contribution is 2.04. The number of amides is 1. The van der Waals surface area contributed by atoms with Gasteiger partial charge in [0.05, 0.1) is 12.8 Å². The van der Waals surface area contributed by atoms with Crippen LogP contribution in [0.2, 0.25) is 0 Å². The quantitative estimate of drug-likeness (QED) is 0.753. The molecule has 1 amide bonds. The highest BCUT2D eigenvalue weighted by molar-refractivity contribution is 5.83. The van der Waals surface area contributed by atoms with Gasteiger partial charge in [-0.05, 0) is 5.56 Å². The van der Waals surface area contributed by atoms with Crippen molar-refractivity contribution in [3.63, 3.8) is 0 Å². The highest BCUT2D eigenvalue weighted by atomic mass is 16.4. The Morgan fingerprint density at radius 2 is 1.63 bits per heavy atom. The monoisotopic (exact) mass is 265 g/mol. The van der Waals surface area contributed by atoms with Crippen molar-refractivity contribution in [3.8, 4) is 0 Å². The van der Waals surface area contributed by atoms with Gasteiger partial charge in [0.15, 0.2) is 0 Å². The lowest BCUT2D eigenvalue weighted by Gasteiger charge is -2.19. The maximum absolute atomic E-state index is 11.9. The molecular formula is C13H15NO5. The summed E-state index contributed by atoms with van der Waals surface area (Å²) in [6, 6.07) is 8.89. The van der Waals surface area contributed by atoms with Gasteiger partial charge in [-0.15, -0.1) is 0 Å². The summed E-state index contributed by atoms with van der Waals surface area (Å²) in [6.07, 6.45) is -0.207. The van der Waals surface area contributed by atoms with Gasteiger partial charge in [-0.2, -0.15) is 0 Å². The molecule has 0 aliphatic heterocycles. The number of nitrogens with zero attached hydrogens (tertiary/aromatic N) is 1. The number of hydrogen-bond donors (Lipinski definition) is 2. The zero-order valence-electron chi connectivity index (χ0n) is 10.3. The zero-order chi connectivity index (χ0) is 14.3. The average Bonchev–Trinajstić information content (AvgIpc) is 2.35. The molecule has 1 aromatic carbocycles. The van der Waals surface area contributed by atoms with E-state index in [1.807, 2.05) is 6.07 Å². The second-order valence-electron chi connectivity index (χ2n) is 4.02. The summed E-state index contributed by atoms with van der Waals surface area (Å²) >= 11 is 0. The van der Waals surface area contributed by atoms with Crippen LogP contribution in [0.25, 0.3) is 0 Å². The van der Waals surface area contributed by atoms with E-state index in [1.54, 1.807) is 24.3 Å². The molecule has 0 radical (unpaired) electrons. The summed E-state index contributed by atoms with van der Waals surface area (Å²) in [6.45, 7) is -0.591. The zero-order valence-corrected chi connectivity index (χ0v) is 10.3. The SMILES string of the molecule is O=C(O)CCN(CC(=O)O)C(=O)Cc1ccccc1. The number of carboxylic acid groups (broad SMARTS) is 2. The summed E-state index contributed by atoms with van der Waals surface area (Å²) in [7, 11) is 0. The second kappa shape index (κ2) is 7.15. The van der Waals surface area contributed by atoms with Gasteiger partial charge in [0.1, 0.15) is 6.54 Å². The minimum atomic E-state index is -1.16. The lowest BCUT2D eigenvalue weighted by molar-refractivity contribution is -0.145. The van der Waals surface area contributed by atoms with E-state index in [0.29, 0.717) is 0 Å². The molecule has 0 fully saturated rings. The Hall–Kier alpha value is -2.37. The molecule has 2 N–H and O–H groups in total. The largest absolute Gasteiger partial charge is 0.481 e. The number of carbonyl (C=O) groups excluding carboxylic acids is 1. The first-order valence-corrected chi connectivity index (χ1v) is 5.74. The van der Waals surface area contributed by atoms with Gasteiger partial charge >= 0.3 is 11.9 Å². The van der Waals surface area contributed by atoms with E-state index in [1.165, 1.54) is 0 Å². The van der Waals surface area contributed by atoms with Gasteiger partial charge in [-0.1, -0.05) is 30.3 Å². The smallest absolute Gasteiger partial charge is 0.323 e. The average molecular weight is 265 g/mol. The first-order chi connectivity index (χ1) is 8.99. The van der Waals surface area contributed by atoms with E-state index in [-0.39, 0.29) is 19.4 Å². The first-order valence-electron chi connectivity index (χ1n) is 5.74. The molecule has 0 heterocycles. The van der Waals surface area contributed by atoms with Crippen molar-refractivity contribution in [2.45, 2.75) is 12.8 Å². The summed E-state index contributed by atoms with van der Waals surface area (Å²) in [5.74, 6) is -2.62. The van der Waals surface area contributed by atoms with E-state index in [9.17, 15) is 14.4 Å². The lowest BCUT2D eigenvalue weighted by atomic mass is 10.1. The van der Waals surface area contributed by atoms with Gasteiger partial charge in [0, 0.05) is 6.54 Å². The summed E-state index contributed by atoms with van der Waals surface area (Å²) in [5.41, 5.74) is 0.762. The van der Waals surface area contributed by atoms with Crippen LogP contribution in [0.1, 0.15) is 12.0 Å². The third-order valence-corrected chi connectivity index (χ3v) is 2.47.